The molecule has 2 fully saturated rings. The number of ether oxygens (including phenoxy) is 5. The van der Waals surface area contributed by atoms with Crippen LogP contribution >= 0.6 is 0 Å². The van der Waals surface area contributed by atoms with Gasteiger partial charge in [0.15, 0.2) is 5.76 Å². The Balaban J connectivity index is 1.56. The van der Waals surface area contributed by atoms with Crippen LogP contribution in [0.1, 0.15) is 39.2 Å². The van der Waals surface area contributed by atoms with Crippen LogP contribution in [0.5, 0.6) is 23.0 Å². The molecule has 0 unspecified atom stereocenters. The van der Waals surface area contributed by atoms with Crippen molar-refractivity contribution in [3.8, 4) is 34.3 Å². The summed E-state index contributed by atoms with van der Waals surface area (Å²) in [5.74, 6) is 0.270. The molecule has 47 heavy (non-hydrogen) atoms. The quantitative estimate of drug-likeness (QED) is 0.167. The van der Waals surface area contributed by atoms with Crippen molar-refractivity contribution in [2.75, 3.05) is 46.6 Å². The van der Waals surface area contributed by atoms with Gasteiger partial charge >= 0.3 is 0 Å². The van der Waals surface area contributed by atoms with E-state index >= 15 is 0 Å². The number of methoxy groups -OCH3 is 1. The molecule has 4 N–H and O–H groups in total. The Morgan fingerprint density at radius 1 is 1.04 bits per heavy atom. The topological polar surface area (TPSA) is 161 Å². The van der Waals surface area contributed by atoms with Crippen molar-refractivity contribution < 1.29 is 48.5 Å². The molecule has 2 aromatic carbocycles. The van der Waals surface area contributed by atoms with Gasteiger partial charge in [0.2, 0.25) is 17.5 Å². The maximum atomic E-state index is 14.2. The monoisotopic (exact) mass is 655 g/mol. The fraction of sp³-hybridized carbons (Fsp3) is 0.514. The number of nitrogens with zero attached hydrogens (tertiary/aromatic N) is 1. The van der Waals surface area contributed by atoms with Crippen LogP contribution in [0.25, 0.3) is 22.3 Å². The van der Waals surface area contributed by atoms with E-state index in [1.165, 1.54) is 20.1 Å². The highest BCUT2D eigenvalue weighted by molar-refractivity contribution is 5.91. The Hall–Kier alpha value is -3.65. The molecule has 3 aromatic rings. The highest BCUT2D eigenvalue weighted by atomic mass is 16.7. The van der Waals surface area contributed by atoms with Crippen molar-refractivity contribution in [1.29, 1.82) is 0 Å². The summed E-state index contributed by atoms with van der Waals surface area (Å²) < 4.78 is 35.0. The molecule has 12 heteroatoms. The summed E-state index contributed by atoms with van der Waals surface area (Å²) >= 11 is 0. The highest BCUT2D eigenvalue weighted by Crippen LogP contribution is 2.41. The number of aliphatic hydroxyl groups excluding tert-OH is 3. The SMILES string of the molecule is COc1ccc(-c2oc3c(CC=C(C)C)c(OCCCCN4CCOCC4)cc(O)c3c(=O)c2O[C@H]2O[C@H](C)[C@@H](O)[C@H](O)[C@@H]2O)cc1. The van der Waals surface area contributed by atoms with E-state index in [1.807, 2.05) is 19.9 Å². The molecule has 5 rings (SSSR count). The maximum Gasteiger partial charge on any atom is 0.239 e. The van der Waals surface area contributed by atoms with Crippen LogP contribution in [0.15, 0.2) is 51.2 Å². The number of allylic oxidation sites excluding steroid dienone is 2. The lowest BCUT2D eigenvalue weighted by Crippen LogP contribution is -2.58. The summed E-state index contributed by atoms with van der Waals surface area (Å²) in [6.45, 7) is 10.1. The Labute approximate surface area is 273 Å². The van der Waals surface area contributed by atoms with Gasteiger partial charge in [-0.3, -0.25) is 9.69 Å². The molecular weight excluding hydrogens is 610 g/mol. The normalized spacial score (nSPS) is 23.4. The number of fused-ring (bicyclic) bond motifs is 1. The van der Waals surface area contributed by atoms with Gasteiger partial charge in [0.25, 0.3) is 0 Å². The predicted octanol–water partition coefficient (Wildman–Crippen LogP) is 3.38. The first-order valence-electron chi connectivity index (χ1n) is 16.0. The minimum atomic E-state index is -1.68. The zero-order valence-corrected chi connectivity index (χ0v) is 27.3. The van der Waals surface area contributed by atoms with E-state index in [2.05, 4.69) is 4.90 Å². The van der Waals surface area contributed by atoms with Gasteiger partial charge in [-0.05, 0) is 70.8 Å². The van der Waals surface area contributed by atoms with Gasteiger partial charge in [0.05, 0.1) is 33.0 Å². The number of aliphatic hydroxyl groups is 3. The molecule has 2 saturated heterocycles. The van der Waals surface area contributed by atoms with Crippen LogP contribution in [-0.4, -0.2) is 103 Å². The molecule has 0 aliphatic carbocycles. The third kappa shape index (κ3) is 7.91. The van der Waals surface area contributed by atoms with Crippen molar-refractivity contribution in [1.82, 2.24) is 4.90 Å². The molecule has 0 spiro atoms. The van der Waals surface area contributed by atoms with E-state index in [0.29, 0.717) is 35.7 Å². The average molecular weight is 656 g/mol. The zero-order chi connectivity index (χ0) is 33.7. The van der Waals surface area contributed by atoms with E-state index < -0.39 is 36.1 Å². The summed E-state index contributed by atoms with van der Waals surface area (Å²) in [4.78, 5) is 16.6. The van der Waals surface area contributed by atoms with Crippen molar-refractivity contribution in [3.05, 3.63) is 57.8 Å². The number of morpholine rings is 1. The minimum Gasteiger partial charge on any atom is -0.507 e. The smallest absolute Gasteiger partial charge is 0.239 e. The van der Waals surface area contributed by atoms with Crippen LogP contribution in [0, 0.1) is 0 Å². The fourth-order valence-corrected chi connectivity index (χ4v) is 5.70. The number of benzene rings is 2. The van der Waals surface area contributed by atoms with E-state index in [-0.39, 0.29) is 28.2 Å². The lowest BCUT2D eigenvalue weighted by atomic mass is 10.00. The second-order valence-electron chi connectivity index (χ2n) is 12.2. The lowest BCUT2D eigenvalue weighted by molar-refractivity contribution is -0.268. The summed E-state index contributed by atoms with van der Waals surface area (Å²) in [6, 6.07) is 8.16. The summed E-state index contributed by atoms with van der Waals surface area (Å²) in [5.41, 5.74) is 1.48. The number of unbranched alkanes of at least 4 members (excludes halogenated alkanes) is 1. The number of rotatable bonds is 12. The van der Waals surface area contributed by atoms with Crippen LogP contribution < -0.4 is 19.6 Å². The Morgan fingerprint density at radius 2 is 1.77 bits per heavy atom. The van der Waals surface area contributed by atoms with E-state index in [0.717, 1.165) is 51.3 Å². The van der Waals surface area contributed by atoms with Gasteiger partial charge in [-0.2, -0.15) is 0 Å². The molecule has 0 bridgehead atoms. The Kier molecular flexibility index (Phi) is 11.4. The molecule has 1 aromatic heterocycles. The highest BCUT2D eigenvalue weighted by Gasteiger charge is 2.44. The third-order valence-electron chi connectivity index (χ3n) is 8.51. The average Bonchev–Trinajstić information content (AvgIpc) is 3.07. The molecule has 3 heterocycles. The molecular formula is C35H45NO11. The van der Waals surface area contributed by atoms with Gasteiger partial charge in [-0.1, -0.05) is 11.6 Å². The minimum absolute atomic E-state index is 0.00901. The summed E-state index contributed by atoms with van der Waals surface area (Å²) in [7, 11) is 1.53. The van der Waals surface area contributed by atoms with Gasteiger partial charge in [-0.25, -0.2) is 0 Å². The molecule has 256 valence electrons. The van der Waals surface area contributed by atoms with Crippen molar-refractivity contribution in [2.45, 2.75) is 70.7 Å². The second-order valence-corrected chi connectivity index (χ2v) is 12.2. The van der Waals surface area contributed by atoms with E-state index in [1.54, 1.807) is 24.3 Å². The molecule has 2 aliphatic heterocycles. The number of aromatic hydroxyl groups is 1. The zero-order valence-electron chi connectivity index (χ0n) is 27.3. The fourth-order valence-electron chi connectivity index (χ4n) is 5.70. The van der Waals surface area contributed by atoms with Crippen LogP contribution in [-0.2, 0) is 15.9 Å². The van der Waals surface area contributed by atoms with Gasteiger partial charge in [-0.15, -0.1) is 0 Å². The van der Waals surface area contributed by atoms with Crippen molar-refractivity contribution in [2.24, 2.45) is 0 Å². The summed E-state index contributed by atoms with van der Waals surface area (Å²) in [5, 5.41) is 42.4. The van der Waals surface area contributed by atoms with Gasteiger partial charge in [0, 0.05) is 30.3 Å². The molecule has 0 saturated carbocycles. The number of hydrogen-bond acceptors (Lipinski definition) is 12. The van der Waals surface area contributed by atoms with Crippen molar-refractivity contribution in [3.63, 3.8) is 0 Å². The summed E-state index contributed by atoms with van der Waals surface area (Å²) in [6.07, 6.45) is -3.00. The van der Waals surface area contributed by atoms with Crippen LogP contribution in [0.3, 0.4) is 0 Å². The predicted molar refractivity (Wildman–Crippen MR) is 174 cm³/mol. The van der Waals surface area contributed by atoms with E-state index in [9.17, 15) is 25.2 Å². The number of phenolic OH excluding ortho intramolecular Hbond substituents is 1. The third-order valence-corrected chi connectivity index (χ3v) is 8.51. The Morgan fingerprint density at radius 3 is 2.45 bits per heavy atom. The first-order valence-corrected chi connectivity index (χ1v) is 16.0. The number of phenols is 1. The standard InChI is InChI=1S/C35H45NO11/c1-20(2)7-12-24-26(44-16-6-5-13-36-14-17-43-18-15-36)19-25(37)27-29(39)34(47-35-31(41)30(40)28(38)21(3)45-35)32(46-33(24)27)22-8-10-23(42-4)11-9-22/h7-11,19,21,28,30-31,35,37-38,40-41H,5-6,12-18H2,1-4H3/t21-,28-,30+,31+,35-/m1/s1. The molecule has 2 aliphatic rings. The lowest BCUT2D eigenvalue weighted by Gasteiger charge is -2.38. The second kappa shape index (κ2) is 15.5. The number of hydrogen-bond donors (Lipinski definition) is 4. The first kappa shape index (κ1) is 34.7. The molecule has 5 atom stereocenters. The molecule has 12 nitrogen and oxygen atoms in total. The van der Waals surface area contributed by atoms with Gasteiger partial charge < -0.3 is 48.5 Å². The van der Waals surface area contributed by atoms with Crippen LogP contribution in [0.2, 0.25) is 0 Å². The maximum absolute atomic E-state index is 14.2. The molecule has 0 amide bonds. The largest absolute Gasteiger partial charge is 0.507 e. The Bertz CT molecular complexity index is 1590. The first-order chi connectivity index (χ1) is 22.6. The van der Waals surface area contributed by atoms with Crippen LogP contribution in [0.4, 0.5) is 0 Å². The molecule has 0 radical (unpaired) electrons. The van der Waals surface area contributed by atoms with Crippen molar-refractivity contribution >= 4 is 11.0 Å². The van der Waals surface area contributed by atoms with Gasteiger partial charge in [0.1, 0.15) is 46.5 Å². The van der Waals surface area contributed by atoms with E-state index in [4.69, 9.17) is 28.1 Å².